The lowest BCUT2D eigenvalue weighted by Crippen LogP contribution is -2.48. The maximum Gasteiger partial charge on any atom is 0.252 e. The van der Waals surface area contributed by atoms with Crippen LogP contribution in [0, 0.1) is 17.2 Å². The molecular formula is C20H26N4O3. The van der Waals surface area contributed by atoms with Crippen LogP contribution in [0.1, 0.15) is 55.8 Å². The molecule has 144 valence electrons. The number of rotatable bonds is 7. The van der Waals surface area contributed by atoms with E-state index in [0.29, 0.717) is 23.6 Å². The molecule has 0 bridgehead atoms. The van der Waals surface area contributed by atoms with Gasteiger partial charge in [0.2, 0.25) is 11.8 Å². The summed E-state index contributed by atoms with van der Waals surface area (Å²) in [6.45, 7) is 1.31. The summed E-state index contributed by atoms with van der Waals surface area (Å²) in [6.07, 6.45) is 6.16. The Bertz CT molecular complexity index is 720. The van der Waals surface area contributed by atoms with E-state index >= 15 is 0 Å². The lowest BCUT2D eigenvalue weighted by molar-refractivity contribution is -0.123. The molecule has 7 nitrogen and oxygen atoms in total. The van der Waals surface area contributed by atoms with Crippen LogP contribution in [0.25, 0.3) is 0 Å². The largest absolute Gasteiger partial charge is 0.341 e. The average Bonchev–Trinajstić information content (AvgIpc) is 2.66. The average molecular weight is 370 g/mol. The van der Waals surface area contributed by atoms with Gasteiger partial charge in [0.05, 0.1) is 6.07 Å². The molecule has 0 aromatic heterocycles. The third-order valence-corrected chi connectivity index (χ3v) is 4.70. The van der Waals surface area contributed by atoms with Crippen molar-refractivity contribution in [2.75, 3.05) is 11.9 Å². The van der Waals surface area contributed by atoms with Crippen molar-refractivity contribution in [2.45, 2.75) is 51.5 Å². The van der Waals surface area contributed by atoms with Crippen LogP contribution in [-0.4, -0.2) is 30.3 Å². The van der Waals surface area contributed by atoms with Crippen LogP contribution in [0.5, 0.6) is 0 Å². The zero-order valence-corrected chi connectivity index (χ0v) is 15.6. The first-order valence-electron chi connectivity index (χ1n) is 9.32. The number of hydrogen-bond donors (Lipinski definition) is 3. The maximum atomic E-state index is 12.6. The van der Waals surface area contributed by atoms with Gasteiger partial charge in [-0.15, -0.1) is 0 Å². The Morgan fingerprint density at radius 2 is 1.96 bits per heavy atom. The number of carbonyl (C=O) groups excluding carboxylic acids is 3. The van der Waals surface area contributed by atoms with Gasteiger partial charge in [0, 0.05) is 18.2 Å². The zero-order chi connectivity index (χ0) is 19.6. The number of hydrogen-bond acceptors (Lipinski definition) is 4. The van der Waals surface area contributed by atoms with Gasteiger partial charge in [0.1, 0.15) is 12.6 Å². The van der Waals surface area contributed by atoms with Gasteiger partial charge < -0.3 is 16.0 Å². The Hall–Kier alpha value is -2.88. The van der Waals surface area contributed by atoms with Crippen molar-refractivity contribution in [1.29, 1.82) is 5.26 Å². The fourth-order valence-corrected chi connectivity index (χ4v) is 3.42. The quantitative estimate of drug-likeness (QED) is 0.640. The van der Waals surface area contributed by atoms with E-state index in [-0.39, 0.29) is 24.3 Å². The van der Waals surface area contributed by atoms with E-state index in [1.54, 1.807) is 24.3 Å². The number of anilines is 1. The van der Waals surface area contributed by atoms with Gasteiger partial charge in [-0.05, 0) is 30.5 Å². The summed E-state index contributed by atoms with van der Waals surface area (Å²) in [7, 11) is 0. The Balaban J connectivity index is 2.08. The van der Waals surface area contributed by atoms with Gasteiger partial charge in [-0.25, -0.2) is 0 Å². The molecule has 1 aromatic carbocycles. The number of nitrogens with one attached hydrogen (secondary N) is 3. The molecule has 2 rings (SSSR count). The number of carbonyl (C=O) groups is 3. The minimum absolute atomic E-state index is 0.0894. The molecule has 1 unspecified atom stereocenters. The molecule has 3 amide bonds. The van der Waals surface area contributed by atoms with Crippen molar-refractivity contribution >= 4 is 23.4 Å². The first kappa shape index (κ1) is 20.4. The molecule has 3 N–H and O–H groups in total. The highest BCUT2D eigenvalue weighted by Gasteiger charge is 2.26. The van der Waals surface area contributed by atoms with Crippen molar-refractivity contribution in [3.63, 3.8) is 0 Å². The molecule has 0 radical (unpaired) electrons. The first-order chi connectivity index (χ1) is 13.0. The van der Waals surface area contributed by atoms with E-state index in [4.69, 9.17) is 5.26 Å². The summed E-state index contributed by atoms with van der Waals surface area (Å²) in [4.78, 5) is 36.3. The van der Waals surface area contributed by atoms with Gasteiger partial charge in [-0.3, -0.25) is 14.4 Å². The number of nitrogens with zero attached hydrogens (tertiary/aromatic N) is 1. The fourth-order valence-electron chi connectivity index (χ4n) is 3.42. The molecular weight excluding hydrogens is 344 g/mol. The third-order valence-electron chi connectivity index (χ3n) is 4.70. The Kier molecular flexibility index (Phi) is 7.80. The first-order valence-corrected chi connectivity index (χ1v) is 9.32. The van der Waals surface area contributed by atoms with Crippen molar-refractivity contribution < 1.29 is 14.4 Å². The Morgan fingerprint density at radius 1 is 1.22 bits per heavy atom. The predicted molar refractivity (Wildman–Crippen MR) is 102 cm³/mol. The molecule has 1 aromatic rings. The summed E-state index contributed by atoms with van der Waals surface area (Å²) in [6, 6.07) is 7.77. The van der Waals surface area contributed by atoms with E-state index < -0.39 is 6.04 Å². The Labute approximate surface area is 159 Å². The van der Waals surface area contributed by atoms with Gasteiger partial charge in [0.15, 0.2) is 0 Å². The molecule has 1 fully saturated rings. The molecule has 0 heterocycles. The van der Waals surface area contributed by atoms with Crippen molar-refractivity contribution in [1.82, 2.24) is 10.6 Å². The molecule has 1 aliphatic carbocycles. The summed E-state index contributed by atoms with van der Waals surface area (Å²) in [5, 5.41) is 16.7. The monoisotopic (exact) mass is 370 g/mol. The number of nitriles is 1. The van der Waals surface area contributed by atoms with Crippen LogP contribution in [0.2, 0.25) is 0 Å². The predicted octanol–water partition coefficient (Wildman–Crippen LogP) is 2.35. The fraction of sp³-hybridized carbons (Fsp3) is 0.500. The highest BCUT2D eigenvalue weighted by atomic mass is 16.2. The molecule has 1 aliphatic rings. The lowest BCUT2D eigenvalue weighted by atomic mass is 9.84. The normalized spacial score (nSPS) is 15.3. The SMILES string of the molecule is CC(=O)Nc1cccc(C(=O)NC(CC2CCCCC2)C(=O)NCC#N)c1. The molecule has 0 aliphatic heterocycles. The van der Waals surface area contributed by atoms with Gasteiger partial charge in [-0.1, -0.05) is 38.2 Å². The minimum atomic E-state index is -0.682. The second-order valence-electron chi connectivity index (χ2n) is 6.90. The number of benzene rings is 1. The maximum absolute atomic E-state index is 12.6. The van der Waals surface area contributed by atoms with Crippen LogP contribution in [0.3, 0.4) is 0 Å². The second-order valence-corrected chi connectivity index (χ2v) is 6.90. The van der Waals surface area contributed by atoms with Gasteiger partial charge in [0.25, 0.3) is 5.91 Å². The lowest BCUT2D eigenvalue weighted by Gasteiger charge is -2.26. The molecule has 1 atom stereocenters. The minimum Gasteiger partial charge on any atom is -0.341 e. The molecule has 0 saturated heterocycles. The van der Waals surface area contributed by atoms with E-state index in [9.17, 15) is 14.4 Å². The topological polar surface area (TPSA) is 111 Å². The van der Waals surface area contributed by atoms with E-state index in [1.165, 1.54) is 13.3 Å². The van der Waals surface area contributed by atoms with E-state index in [0.717, 1.165) is 25.7 Å². The highest BCUT2D eigenvalue weighted by Crippen LogP contribution is 2.27. The Morgan fingerprint density at radius 3 is 2.63 bits per heavy atom. The smallest absolute Gasteiger partial charge is 0.252 e. The summed E-state index contributed by atoms with van der Waals surface area (Å²) in [5.74, 6) is -0.551. The van der Waals surface area contributed by atoms with Crippen LogP contribution in [0.4, 0.5) is 5.69 Å². The zero-order valence-electron chi connectivity index (χ0n) is 15.6. The molecule has 0 spiro atoms. The van der Waals surface area contributed by atoms with Crippen LogP contribution in [0.15, 0.2) is 24.3 Å². The summed E-state index contributed by atoms with van der Waals surface area (Å²) in [5.41, 5.74) is 0.885. The summed E-state index contributed by atoms with van der Waals surface area (Å²) < 4.78 is 0. The van der Waals surface area contributed by atoms with E-state index in [1.807, 2.05) is 6.07 Å². The van der Waals surface area contributed by atoms with Crippen molar-refractivity contribution in [2.24, 2.45) is 5.92 Å². The second kappa shape index (κ2) is 10.3. The number of amides is 3. The van der Waals surface area contributed by atoms with Crippen LogP contribution >= 0.6 is 0 Å². The van der Waals surface area contributed by atoms with Crippen LogP contribution < -0.4 is 16.0 Å². The third kappa shape index (κ3) is 6.74. The van der Waals surface area contributed by atoms with Gasteiger partial charge >= 0.3 is 0 Å². The highest BCUT2D eigenvalue weighted by molar-refractivity contribution is 5.99. The van der Waals surface area contributed by atoms with Crippen LogP contribution in [-0.2, 0) is 9.59 Å². The summed E-state index contributed by atoms with van der Waals surface area (Å²) >= 11 is 0. The molecule has 27 heavy (non-hydrogen) atoms. The molecule has 1 saturated carbocycles. The van der Waals surface area contributed by atoms with Crippen molar-refractivity contribution in [3.8, 4) is 6.07 Å². The standard InChI is InChI=1S/C20H26N4O3/c1-14(25)23-17-9-5-8-16(13-17)19(26)24-18(20(27)22-11-10-21)12-15-6-3-2-4-7-15/h5,8-9,13,15,18H,2-4,6-7,11-12H2,1H3,(H,22,27)(H,23,25)(H,24,26). The van der Waals surface area contributed by atoms with E-state index in [2.05, 4.69) is 16.0 Å². The van der Waals surface area contributed by atoms with Gasteiger partial charge in [-0.2, -0.15) is 5.26 Å². The van der Waals surface area contributed by atoms with Crippen molar-refractivity contribution in [3.05, 3.63) is 29.8 Å². The molecule has 7 heteroatoms.